The Morgan fingerprint density at radius 3 is 2.42 bits per heavy atom. The molecule has 1 N–H and O–H groups in total. The fourth-order valence-electron chi connectivity index (χ4n) is 1.72. The molecule has 0 fully saturated rings. The third-order valence-electron chi connectivity index (χ3n) is 2.68. The van der Waals surface area contributed by atoms with Crippen molar-refractivity contribution in [1.82, 2.24) is 0 Å². The summed E-state index contributed by atoms with van der Waals surface area (Å²) in [5.41, 5.74) is 2.20. The molecule has 0 unspecified atom stereocenters. The summed E-state index contributed by atoms with van der Waals surface area (Å²) in [5, 5.41) is 3.23. The highest BCUT2D eigenvalue weighted by atomic mass is 16.5. The first-order chi connectivity index (χ1) is 9.24. The maximum Gasteiger partial charge on any atom is 0.337 e. The second-order valence-electron chi connectivity index (χ2n) is 3.90. The van der Waals surface area contributed by atoms with Crippen molar-refractivity contribution >= 4 is 17.3 Å². The highest BCUT2D eigenvalue weighted by Gasteiger charge is 2.10. The van der Waals surface area contributed by atoms with Gasteiger partial charge in [-0.25, -0.2) is 4.79 Å². The number of anilines is 2. The van der Waals surface area contributed by atoms with Crippen molar-refractivity contribution < 1.29 is 14.3 Å². The van der Waals surface area contributed by atoms with Crippen LogP contribution in [0.15, 0.2) is 48.5 Å². The predicted octanol–water partition coefficient (Wildman–Crippen LogP) is 3.23. The van der Waals surface area contributed by atoms with Crippen LogP contribution in [0.3, 0.4) is 0 Å². The van der Waals surface area contributed by atoms with Gasteiger partial charge in [-0.3, -0.25) is 0 Å². The molecule has 4 heteroatoms. The van der Waals surface area contributed by atoms with Crippen molar-refractivity contribution in [1.29, 1.82) is 0 Å². The van der Waals surface area contributed by atoms with Gasteiger partial charge in [0.05, 0.1) is 25.5 Å². The minimum atomic E-state index is -0.385. The van der Waals surface area contributed by atoms with E-state index >= 15 is 0 Å². The van der Waals surface area contributed by atoms with Crippen LogP contribution in [0.2, 0.25) is 0 Å². The van der Waals surface area contributed by atoms with Gasteiger partial charge in [-0.05, 0) is 30.3 Å². The van der Waals surface area contributed by atoms with Gasteiger partial charge in [0.25, 0.3) is 0 Å². The zero-order valence-corrected chi connectivity index (χ0v) is 10.8. The standard InChI is InChI=1S/C15H15NO3/c1-18-14-10-11(15(17)19-2)8-9-13(14)16-12-6-4-3-5-7-12/h3-10,16H,1-2H3. The van der Waals surface area contributed by atoms with Gasteiger partial charge in [0.1, 0.15) is 5.75 Å². The van der Waals surface area contributed by atoms with Crippen LogP contribution < -0.4 is 10.1 Å². The summed E-state index contributed by atoms with van der Waals surface area (Å²) >= 11 is 0. The predicted molar refractivity (Wildman–Crippen MR) is 74.1 cm³/mol. The fourth-order valence-corrected chi connectivity index (χ4v) is 1.72. The van der Waals surface area contributed by atoms with Gasteiger partial charge in [0.2, 0.25) is 0 Å². The lowest BCUT2D eigenvalue weighted by Gasteiger charge is -2.12. The number of nitrogens with one attached hydrogen (secondary N) is 1. The Balaban J connectivity index is 2.29. The largest absolute Gasteiger partial charge is 0.495 e. The molecule has 0 spiro atoms. The second kappa shape index (κ2) is 5.91. The van der Waals surface area contributed by atoms with Crippen LogP contribution >= 0.6 is 0 Å². The molecule has 2 aromatic rings. The number of para-hydroxylation sites is 1. The van der Waals surface area contributed by atoms with E-state index in [1.54, 1.807) is 25.3 Å². The minimum Gasteiger partial charge on any atom is -0.495 e. The lowest BCUT2D eigenvalue weighted by atomic mass is 10.2. The third-order valence-corrected chi connectivity index (χ3v) is 2.68. The van der Waals surface area contributed by atoms with Crippen LogP contribution in [0, 0.1) is 0 Å². The van der Waals surface area contributed by atoms with E-state index in [-0.39, 0.29) is 5.97 Å². The zero-order valence-electron chi connectivity index (χ0n) is 10.8. The van der Waals surface area contributed by atoms with Crippen LogP contribution in [0.1, 0.15) is 10.4 Å². The Labute approximate surface area is 112 Å². The van der Waals surface area contributed by atoms with E-state index in [0.717, 1.165) is 11.4 Å². The maximum absolute atomic E-state index is 11.5. The van der Waals surface area contributed by atoms with Crippen molar-refractivity contribution in [2.24, 2.45) is 0 Å². The second-order valence-corrected chi connectivity index (χ2v) is 3.90. The van der Waals surface area contributed by atoms with E-state index in [2.05, 4.69) is 10.1 Å². The monoisotopic (exact) mass is 257 g/mol. The molecule has 0 aliphatic rings. The van der Waals surface area contributed by atoms with Crippen LogP contribution in [-0.2, 0) is 4.74 Å². The van der Waals surface area contributed by atoms with Gasteiger partial charge in [-0.15, -0.1) is 0 Å². The summed E-state index contributed by atoms with van der Waals surface area (Å²) in [7, 11) is 2.91. The Morgan fingerprint density at radius 2 is 1.79 bits per heavy atom. The van der Waals surface area contributed by atoms with Gasteiger partial charge < -0.3 is 14.8 Å². The Hall–Kier alpha value is -2.49. The lowest BCUT2D eigenvalue weighted by molar-refractivity contribution is 0.0600. The fraction of sp³-hybridized carbons (Fsp3) is 0.133. The third kappa shape index (κ3) is 3.04. The number of esters is 1. The van der Waals surface area contributed by atoms with Gasteiger partial charge in [-0.2, -0.15) is 0 Å². The number of methoxy groups -OCH3 is 2. The van der Waals surface area contributed by atoms with Crippen molar-refractivity contribution in [3.8, 4) is 5.75 Å². The minimum absolute atomic E-state index is 0.385. The first-order valence-corrected chi connectivity index (χ1v) is 5.83. The molecule has 0 aliphatic carbocycles. The first-order valence-electron chi connectivity index (χ1n) is 5.83. The number of benzene rings is 2. The molecular formula is C15H15NO3. The van der Waals surface area contributed by atoms with E-state index in [0.29, 0.717) is 11.3 Å². The van der Waals surface area contributed by atoms with Crippen molar-refractivity contribution in [2.75, 3.05) is 19.5 Å². The number of carbonyl (C=O) groups excluding carboxylic acids is 1. The van der Waals surface area contributed by atoms with Crippen LogP contribution in [0.4, 0.5) is 11.4 Å². The molecule has 0 aromatic heterocycles. The van der Waals surface area contributed by atoms with Crippen molar-refractivity contribution in [3.05, 3.63) is 54.1 Å². The average Bonchev–Trinajstić information content (AvgIpc) is 2.48. The lowest BCUT2D eigenvalue weighted by Crippen LogP contribution is -2.02. The summed E-state index contributed by atoms with van der Waals surface area (Å²) in [4.78, 5) is 11.5. The molecule has 0 bridgehead atoms. The zero-order chi connectivity index (χ0) is 13.7. The normalized spacial score (nSPS) is 9.79. The van der Waals surface area contributed by atoms with Gasteiger partial charge in [-0.1, -0.05) is 18.2 Å². The van der Waals surface area contributed by atoms with E-state index in [1.165, 1.54) is 7.11 Å². The van der Waals surface area contributed by atoms with Gasteiger partial charge in [0.15, 0.2) is 0 Å². The molecule has 98 valence electrons. The summed E-state index contributed by atoms with van der Waals surface area (Å²) in [6, 6.07) is 14.9. The number of hydrogen-bond acceptors (Lipinski definition) is 4. The molecule has 0 amide bonds. The Kier molecular flexibility index (Phi) is 4.03. The molecular weight excluding hydrogens is 242 g/mol. The van der Waals surface area contributed by atoms with E-state index in [4.69, 9.17) is 4.74 Å². The SMILES string of the molecule is COC(=O)c1ccc(Nc2ccccc2)c(OC)c1. The number of rotatable bonds is 4. The van der Waals surface area contributed by atoms with Crippen LogP contribution in [-0.4, -0.2) is 20.2 Å². The molecule has 2 aromatic carbocycles. The highest BCUT2D eigenvalue weighted by molar-refractivity contribution is 5.91. The first kappa shape index (κ1) is 13.0. The quantitative estimate of drug-likeness (QED) is 0.854. The number of ether oxygens (including phenoxy) is 2. The smallest absolute Gasteiger partial charge is 0.337 e. The van der Waals surface area contributed by atoms with Crippen molar-refractivity contribution in [3.63, 3.8) is 0 Å². The van der Waals surface area contributed by atoms with Crippen LogP contribution in [0.25, 0.3) is 0 Å². The van der Waals surface area contributed by atoms with Crippen molar-refractivity contribution in [2.45, 2.75) is 0 Å². The molecule has 19 heavy (non-hydrogen) atoms. The average molecular weight is 257 g/mol. The molecule has 0 heterocycles. The molecule has 0 radical (unpaired) electrons. The van der Waals surface area contributed by atoms with E-state index < -0.39 is 0 Å². The molecule has 4 nitrogen and oxygen atoms in total. The number of hydrogen-bond donors (Lipinski definition) is 1. The molecule has 0 saturated heterocycles. The highest BCUT2D eigenvalue weighted by Crippen LogP contribution is 2.28. The summed E-state index contributed by atoms with van der Waals surface area (Å²) in [5.74, 6) is 0.205. The topological polar surface area (TPSA) is 47.6 Å². The van der Waals surface area contributed by atoms with Crippen LogP contribution in [0.5, 0.6) is 5.75 Å². The van der Waals surface area contributed by atoms with E-state index in [9.17, 15) is 4.79 Å². The van der Waals surface area contributed by atoms with Gasteiger partial charge >= 0.3 is 5.97 Å². The summed E-state index contributed by atoms with van der Waals surface area (Å²) in [6.07, 6.45) is 0. The Morgan fingerprint density at radius 1 is 1.05 bits per heavy atom. The van der Waals surface area contributed by atoms with E-state index in [1.807, 2.05) is 30.3 Å². The molecule has 0 atom stereocenters. The molecule has 2 rings (SSSR count). The van der Waals surface area contributed by atoms with Gasteiger partial charge in [0, 0.05) is 5.69 Å². The number of carbonyl (C=O) groups is 1. The molecule has 0 aliphatic heterocycles. The summed E-state index contributed by atoms with van der Waals surface area (Å²) in [6.45, 7) is 0. The Bertz CT molecular complexity index is 567. The maximum atomic E-state index is 11.5. The molecule has 0 saturated carbocycles. The summed E-state index contributed by atoms with van der Waals surface area (Å²) < 4.78 is 9.96.